The third-order valence-electron chi connectivity index (χ3n) is 4.63. The van der Waals surface area contributed by atoms with Gasteiger partial charge in [-0.15, -0.1) is 0 Å². The van der Waals surface area contributed by atoms with Crippen LogP contribution in [0.5, 0.6) is 5.75 Å². The maximum atomic E-state index is 13.4. The third-order valence-corrected chi connectivity index (χ3v) is 6.06. The predicted molar refractivity (Wildman–Crippen MR) is 105 cm³/mol. The molecule has 1 saturated heterocycles. The molecule has 0 saturated carbocycles. The highest BCUT2D eigenvalue weighted by atomic mass is 32.2. The van der Waals surface area contributed by atoms with Crippen LogP contribution in [-0.4, -0.2) is 34.7 Å². The molecule has 3 N–H and O–H groups in total. The van der Waals surface area contributed by atoms with Gasteiger partial charge in [-0.2, -0.15) is 13.2 Å². The van der Waals surface area contributed by atoms with Crippen molar-refractivity contribution >= 4 is 21.4 Å². The van der Waals surface area contributed by atoms with Crippen molar-refractivity contribution in [2.45, 2.75) is 30.0 Å². The van der Waals surface area contributed by atoms with Crippen molar-refractivity contribution in [1.29, 1.82) is 0 Å². The van der Waals surface area contributed by atoms with Crippen LogP contribution in [0.15, 0.2) is 47.4 Å². The molecule has 2 aromatic rings. The van der Waals surface area contributed by atoms with E-state index in [1.165, 1.54) is 31.4 Å². The molecule has 0 amide bonds. The zero-order valence-electron chi connectivity index (χ0n) is 15.7. The highest BCUT2D eigenvalue weighted by molar-refractivity contribution is 7.92. The molecule has 10 heteroatoms. The minimum absolute atomic E-state index is 0.0281. The second-order valence-corrected chi connectivity index (χ2v) is 8.33. The Bertz CT molecular complexity index is 959. The average molecular weight is 429 g/mol. The number of halogens is 3. The SMILES string of the molecule is COc1ccccc1S(=O)(=O)Nc1ccc(C(F)(F)F)c(NC2CCNCC2)c1. The van der Waals surface area contributed by atoms with Gasteiger partial charge in [-0.1, -0.05) is 12.1 Å². The van der Waals surface area contributed by atoms with E-state index in [-0.39, 0.29) is 28.1 Å². The number of hydrogen-bond donors (Lipinski definition) is 3. The lowest BCUT2D eigenvalue weighted by Gasteiger charge is -2.26. The second-order valence-electron chi connectivity index (χ2n) is 6.68. The van der Waals surface area contributed by atoms with Gasteiger partial charge < -0.3 is 15.4 Å². The van der Waals surface area contributed by atoms with E-state index in [0.29, 0.717) is 25.9 Å². The van der Waals surface area contributed by atoms with Crippen LogP contribution in [0.4, 0.5) is 24.5 Å². The topological polar surface area (TPSA) is 79.5 Å². The first-order valence-electron chi connectivity index (χ1n) is 9.05. The van der Waals surface area contributed by atoms with Gasteiger partial charge in [0.25, 0.3) is 10.0 Å². The molecule has 158 valence electrons. The molecular weight excluding hydrogens is 407 g/mol. The Labute approximate surface area is 167 Å². The Morgan fingerprint density at radius 1 is 1.10 bits per heavy atom. The van der Waals surface area contributed by atoms with Gasteiger partial charge >= 0.3 is 6.18 Å². The van der Waals surface area contributed by atoms with E-state index >= 15 is 0 Å². The number of para-hydroxylation sites is 1. The summed E-state index contributed by atoms with van der Waals surface area (Å²) in [5.74, 6) is 0.139. The molecule has 1 aliphatic rings. The lowest BCUT2D eigenvalue weighted by atomic mass is 10.0. The molecule has 0 aliphatic carbocycles. The Morgan fingerprint density at radius 2 is 1.79 bits per heavy atom. The number of methoxy groups -OCH3 is 1. The van der Waals surface area contributed by atoms with Crippen molar-refractivity contribution < 1.29 is 26.3 Å². The number of rotatable bonds is 6. The van der Waals surface area contributed by atoms with Crippen LogP contribution in [0.3, 0.4) is 0 Å². The first kappa shape index (κ1) is 21.3. The monoisotopic (exact) mass is 429 g/mol. The number of anilines is 2. The van der Waals surface area contributed by atoms with Crippen LogP contribution in [0, 0.1) is 0 Å². The van der Waals surface area contributed by atoms with E-state index in [0.717, 1.165) is 12.1 Å². The molecule has 29 heavy (non-hydrogen) atoms. The number of piperidine rings is 1. The fraction of sp³-hybridized carbons (Fsp3) is 0.368. The van der Waals surface area contributed by atoms with Crippen molar-refractivity contribution in [3.8, 4) is 5.75 Å². The first-order valence-corrected chi connectivity index (χ1v) is 10.5. The highest BCUT2D eigenvalue weighted by Crippen LogP contribution is 2.37. The van der Waals surface area contributed by atoms with Gasteiger partial charge in [0, 0.05) is 11.7 Å². The molecule has 1 aliphatic heterocycles. The van der Waals surface area contributed by atoms with Crippen LogP contribution in [-0.2, 0) is 16.2 Å². The smallest absolute Gasteiger partial charge is 0.418 e. The quantitative estimate of drug-likeness (QED) is 0.653. The molecule has 0 aromatic heterocycles. The minimum Gasteiger partial charge on any atom is -0.495 e. The van der Waals surface area contributed by atoms with Gasteiger partial charge in [0.05, 0.1) is 18.4 Å². The van der Waals surface area contributed by atoms with Crippen molar-refractivity contribution in [2.75, 3.05) is 30.2 Å². The van der Waals surface area contributed by atoms with E-state index in [2.05, 4.69) is 15.4 Å². The molecule has 0 atom stereocenters. The standard InChI is InChI=1S/C19H22F3N3O3S/c1-28-17-4-2-3-5-18(17)29(26,27)25-14-6-7-15(19(20,21)22)16(12-14)24-13-8-10-23-11-9-13/h2-7,12-13,23-25H,8-11H2,1H3. The largest absolute Gasteiger partial charge is 0.495 e. The molecule has 0 unspecified atom stereocenters. The lowest BCUT2D eigenvalue weighted by molar-refractivity contribution is -0.137. The maximum absolute atomic E-state index is 13.4. The molecule has 2 aromatic carbocycles. The Morgan fingerprint density at radius 3 is 2.45 bits per heavy atom. The average Bonchev–Trinajstić information content (AvgIpc) is 2.67. The summed E-state index contributed by atoms with van der Waals surface area (Å²) in [7, 11) is -2.71. The summed E-state index contributed by atoms with van der Waals surface area (Å²) < 4.78 is 73.1. The van der Waals surface area contributed by atoms with Crippen molar-refractivity contribution in [1.82, 2.24) is 5.32 Å². The van der Waals surface area contributed by atoms with E-state index in [9.17, 15) is 21.6 Å². The van der Waals surface area contributed by atoms with Crippen LogP contribution in [0.25, 0.3) is 0 Å². The summed E-state index contributed by atoms with van der Waals surface area (Å²) in [5, 5.41) is 6.08. The van der Waals surface area contributed by atoms with Gasteiger partial charge in [0.15, 0.2) is 0 Å². The summed E-state index contributed by atoms with van der Waals surface area (Å²) in [5.41, 5.74) is -0.957. The molecule has 6 nitrogen and oxygen atoms in total. The number of sulfonamides is 1. The number of benzene rings is 2. The van der Waals surface area contributed by atoms with Crippen LogP contribution < -0.4 is 20.1 Å². The van der Waals surface area contributed by atoms with E-state index < -0.39 is 21.8 Å². The predicted octanol–water partition coefficient (Wildman–Crippen LogP) is 3.68. The van der Waals surface area contributed by atoms with Gasteiger partial charge in [0.1, 0.15) is 10.6 Å². The number of nitrogens with one attached hydrogen (secondary N) is 3. The lowest BCUT2D eigenvalue weighted by Crippen LogP contribution is -2.35. The van der Waals surface area contributed by atoms with E-state index in [1.54, 1.807) is 6.07 Å². The third kappa shape index (κ3) is 5.13. The van der Waals surface area contributed by atoms with Gasteiger partial charge in [-0.3, -0.25) is 4.72 Å². The highest BCUT2D eigenvalue weighted by Gasteiger charge is 2.34. The molecule has 1 fully saturated rings. The zero-order chi connectivity index (χ0) is 21.1. The van der Waals surface area contributed by atoms with Crippen LogP contribution in [0.2, 0.25) is 0 Å². The summed E-state index contributed by atoms with van der Waals surface area (Å²) >= 11 is 0. The van der Waals surface area contributed by atoms with Crippen molar-refractivity contribution in [3.63, 3.8) is 0 Å². The van der Waals surface area contributed by atoms with Crippen LogP contribution >= 0.6 is 0 Å². The Balaban J connectivity index is 1.92. The first-order chi connectivity index (χ1) is 13.7. The summed E-state index contributed by atoms with van der Waals surface area (Å²) in [6.07, 6.45) is -3.21. The van der Waals surface area contributed by atoms with Crippen molar-refractivity contribution in [3.05, 3.63) is 48.0 Å². The Kier molecular flexibility index (Phi) is 6.23. The number of ether oxygens (including phenoxy) is 1. The second kappa shape index (κ2) is 8.50. The fourth-order valence-electron chi connectivity index (χ4n) is 3.21. The summed E-state index contributed by atoms with van der Waals surface area (Å²) in [6.45, 7) is 1.41. The Hall–Kier alpha value is -2.46. The summed E-state index contributed by atoms with van der Waals surface area (Å²) in [6, 6.07) is 9.04. The van der Waals surface area contributed by atoms with Crippen LogP contribution in [0.1, 0.15) is 18.4 Å². The number of alkyl halides is 3. The molecule has 1 heterocycles. The van der Waals surface area contributed by atoms with E-state index in [4.69, 9.17) is 4.74 Å². The molecular formula is C19H22F3N3O3S. The molecule has 3 rings (SSSR count). The van der Waals surface area contributed by atoms with Gasteiger partial charge in [-0.25, -0.2) is 8.42 Å². The van der Waals surface area contributed by atoms with Gasteiger partial charge in [-0.05, 0) is 56.3 Å². The minimum atomic E-state index is -4.56. The van der Waals surface area contributed by atoms with Crippen molar-refractivity contribution in [2.24, 2.45) is 0 Å². The summed E-state index contributed by atoms with van der Waals surface area (Å²) in [4.78, 5) is -0.102. The van der Waals surface area contributed by atoms with Gasteiger partial charge in [0.2, 0.25) is 0 Å². The maximum Gasteiger partial charge on any atom is 0.418 e. The zero-order valence-corrected chi connectivity index (χ0v) is 16.5. The van der Waals surface area contributed by atoms with E-state index in [1.807, 2.05) is 0 Å². The molecule has 0 radical (unpaired) electrons. The fourth-order valence-corrected chi connectivity index (χ4v) is 4.43. The molecule has 0 bridgehead atoms. The normalized spacial score (nSPS) is 15.7. The molecule has 0 spiro atoms. The number of hydrogen-bond acceptors (Lipinski definition) is 5.